The fourth-order valence-corrected chi connectivity index (χ4v) is 2.25. The van der Waals surface area contributed by atoms with Gasteiger partial charge in [-0.3, -0.25) is 19.6 Å². The molecule has 0 fully saturated rings. The third-order valence-corrected chi connectivity index (χ3v) is 3.76. The van der Waals surface area contributed by atoms with Crippen molar-refractivity contribution in [1.82, 2.24) is 15.1 Å². The van der Waals surface area contributed by atoms with Gasteiger partial charge in [-0.25, -0.2) is 0 Å². The van der Waals surface area contributed by atoms with Gasteiger partial charge in [0.2, 0.25) is 0 Å². The Morgan fingerprint density at radius 2 is 2.09 bits per heavy atom. The van der Waals surface area contributed by atoms with Gasteiger partial charge >= 0.3 is 0 Å². The minimum absolute atomic E-state index is 0.0575. The molecule has 0 saturated heterocycles. The highest BCUT2D eigenvalue weighted by molar-refractivity contribution is 5.95. The van der Waals surface area contributed by atoms with Crippen LogP contribution in [0.3, 0.4) is 0 Å². The van der Waals surface area contributed by atoms with Crippen LogP contribution in [-0.4, -0.2) is 20.6 Å². The number of hydrogen-bond donors (Lipinski definition) is 1. The molecule has 1 unspecified atom stereocenters. The summed E-state index contributed by atoms with van der Waals surface area (Å²) < 4.78 is 1.73. The Morgan fingerprint density at radius 1 is 1.41 bits per heavy atom. The van der Waals surface area contributed by atoms with Crippen LogP contribution in [0.15, 0.2) is 24.4 Å². The van der Waals surface area contributed by atoms with E-state index in [0.29, 0.717) is 5.56 Å². The molecule has 1 amide bonds. The zero-order valence-electron chi connectivity index (χ0n) is 13.0. The van der Waals surface area contributed by atoms with Gasteiger partial charge in [-0.2, -0.15) is 5.10 Å². The third-order valence-electron chi connectivity index (χ3n) is 3.76. The molecule has 0 bridgehead atoms. The Hall–Kier alpha value is -2.70. The smallest absolute Gasteiger partial charge is 0.273 e. The highest BCUT2D eigenvalue weighted by atomic mass is 16.6. The SMILES string of the molecule is Cc1ccc(C(=O)NC(C)c2cnn(C)c2C)cc1[N+](=O)[O-]. The summed E-state index contributed by atoms with van der Waals surface area (Å²) in [5.41, 5.74) is 2.61. The first kappa shape index (κ1) is 15.7. The van der Waals surface area contributed by atoms with Gasteiger partial charge in [0.05, 0.1) is 17.2 Å². The molecule has 1 aromatic heterocycles. The molecule has 0 saturated carbocycles. The van der Waals surface area contributed by atoms with Crippen molar-refractivity contribution in [2.75, 3.05) is 0 Å². The zero-order valence-corrected chi connectivity index (χ0v) is 13.0. The lowest BCUT2D eigenvalue weighted by Crippen LogP contribution is -2.27. The van der Waals surface area contributed by atoms with Crippen LogP contribution >= 0.6 is 0 Å². The Morgan fingerprint density at radius 3 is 2.64 bits per heavy atom. The second kappa shape index (κ2) is 5.97. The lowest BCUT2D eigenvalue weighted by molar-refractivity contribution is -0.385. The standard InChI is InChI=1S/C15H18N4O3/c1-9-5-6-12(7-14(9)19(21)22)15(20)17-10(2)13-8-16-18(4)11(13)3/h5-8,10H,1-4H3,(H,17,20). The van der Waals surface area contributed by atoms with Gasteiger partial charge in [0.1, 0.15) is 0 Å². The maximum Gasteiger partial charge on any atom is 0.273 e. The third kappa shape index (κ3) is 2.98. The lowest BCUT2D eigenvalue weighted by Gasteiger charge is -2.14. The molecule has 1 heterocycles. The number of hydrogen-bond acceptors (Lipinski definition) is 4. The van der Waals surface area contributed by atoms with Gasteiger partial charge in [-0.05, 0) is 26.8 Å². The maximum atomic E-state index is 12.3. The highest BCUT2D eigenvalue weighted by Crippen LogP contribution is 2.21. The zero-order chi connectivity index (χ0) is 16.4. The van der Waals surface area contributed by atoms with Crippen LogP contribution < -0.4 is 5.32 Å². The largest absolute Gasteiger partial charge is 0.345 e. The minimum atomic E-state index is -0.485. The van der Waals surface area contributed by atoms with Crippen LogP contribution in [0.2, 0.25) is 0 Å². The van der Waals surface area contributed by atoms with Gasteiger partial charge < -0.3 is 5.32 Å². The molecule has 7 nitrogen and oxygen atoms in total. The Labute approximate surface area is 128 Å². The molecular weight excluding hydrogens is 284 g/mol. The number of carbonyl (C=O) groups is 1. The predicted molar refractivity (Wildman–Crippen MR) is 81.7 cm³/mol. The first-order valence-corrected chi connectivity index (χ1v) is 6.85. The van der Waals surface area contributed by atoms with Crippen LogP contribution in [-0.2, 0) is 7.05 Å². The molecule has 1 N–H and O–H groups in total. The van der Waals surface area contributed by atoms with Gasteiger partial charge in [-0.15, -0.1) is 0 Å². The van der Waals surface area contributed by atoms with Crippen LogP contribution in [0, 0.1) is 24.0 Å². The van der Waals surface area contributed by atoms with Crippen molar-refractivity contribution in [3.8, 4) is 0 Å². The fourth-order valence-electron chi connectivity index (χ4n) is 2.25. The molecule has 2 aromatic rings. The first-order chi connectivity index (χ1) is 10.3. The molecule has 0 aliphatic carbocycles. The molecular formula is C15H18N4O3. The van der Waals surface area contributed by atoms with Crippen LogP contribution in [0.4, 0.5) is 5.69 Å². The fraction of sp³-hybridized carbons (Fsp3) is 0.333. The lowest BCUT2D eigenvalue weighted by atomic mass is 10.1. The number of benzene rings is 1. The molecule has 2 rings (SSSR count). The average molecular weight is 302 g/mol. The van der Waals surface area contributed by atoms with Gasteiger partial charge in [0, 0.05) is 35.5 Å². The Balaban J connectivity index is 2.20. The van der Waals surface area contributed by atoms with E-state index in [1.165, 1.54) is 6.07 Å². The van der Waals surface area contributed by atoms with E-state index >= 15 is 0 Å². The van der Waals surface area contributed by atoms with E-state index in [9.17, 15) is 14.9 Å². The number of aryl methyl sites for hydroxylation is 2. The molecule has 0 spiro atoms. The number of rotatable bonds is 4. The van der Waals surface area contributed by atoms with E-state index in [4.69, 9.17) is 0 Å². The molecule has 116 valence electrons. The molecule has 22 heavy (non-hydrogen) atoms. The highest BCUT2D eigenvalue weighted by Gasteiger charge is 2.18. The van der Waals surface area contributed by atoms with Crippen molar-refractivity contribution in [2.24, 2.45) is 7.05 Å². The second-order valence-electron chi connectivity index (χ2n) is 5.26. The minimum Gasteiger partial charge on any atom is -0.345 e. The van der Waals surface area contributed by atoms with E-state index in [1.54, 1.807) is 29.9 Å². The number of carbonyl (C=O) groups excluding carboxylic acids is 1. The van der Waals surface area contributed by atoms with E-state index in [-0.39, 0.29) is 23.2 Å². The molecule has 0 aliphatic heterocycles. The number of nitro benzene ring substituents is 1. The van der Waals surface area contributed by atoms with Gasteiger partial charge in [-0.1, -0.05) is 6.07 Å². The molecule has 0 aliphatic rings. The summed E-state index contributed by atoms with van der Waals surface area (Å²) in [7, 11) is 1.83. The van der Waals surface area contributed by atoms with E-state index in [0.717, 1.165) is 11.3 Å². The van der Waals surface area contributed by atoms with Crippen molar-refractivity contribution in [1.29, 1.82) is 0 Å². The number of nitro groups is 1. The average Bonchev–Trinajstić information content (AvgIpc) is 2.79. The quantitative estimate of drug-likeness (QED) is 0.693. The Kier molecular flexibility index (Phi) is 4.25. The van der Waals surface area contributed by atoms with E-state index < -0.39 is 4.92 Å². The monoisotopic (exact) mass is 302 g/mol. The van der Waals surface area contributed by atoms with Gasteiger partial charge in [0.25, 0.3) is 11.6 Å². The summed E-state index contributed by atoms with van der Waals surface area (Å²) in [4.78, 5) is 22.7. The first-order valence-electron chi connectivity index (χ1n) is 6.85. The van der Waals surface area contributed by atoms with E-state index in [2.05, 4.69) is 10.4 Å². The second-order valence-corrected chi connectivity index (χ2v) is 5.26. The summed E-state index contributed by atoms with van der Waals surface area (Å²) >= 11 is 0. The van der Waals surface area contributed by atoms with Crippen molar-refractivity contribution < 1.29 is 9.72 Å². The van der Waals surface area contributed by atoms with Crippen LogP contribution in [0.1, 0.15) is 40.1 Å². The molecule has 7 heteroatoms. The van der Waals surface area contributed by atoms with E-state index in [1.807, 2.05) is 20.9 Å². The summed E-state index contributed by atoms with van der Waals surface area (Å²) in [6.45, 7) is 5.41. The number of amides is 1. The van der Waals surface area contributed by atoms with Crippen LogP contribution in [0.25, 0.3) is 0 Å². The maximum absolute atomic E-state index is 12.3. The predicted octanol–water partition coefficient (Wildman–Crippen LogP) is 2.44. The van der Waals surface area contributed by atoms with Gasteiger partial charge in [0.15, 0.2) is 0 Å². The summed E-state index contributed by atoms with van der Waals surface area (Å²) in [5, 5.41) is 17.9. The van der Waals surface area contributed by atoms with Crippen molar-refractivity contribution in [3.05, 3.63) is 56.9 Å². The molecule has 1 aromatic carbocycles. The van der Waals surface area contributed by atoms with Crippen LogP contribution in [0.5, 0.6) is 0 Å². The summed E-state index contributed by atoms with van der Waals surface area (Å²) in [6.07, 6.45) is 1.71. The van der Waals surface area contributed by atoms with Crippen molar-refractivity contribution in [2.45, 2.75) is 26.8 Å². The topological polar surface area (TPSA) is 90.1 Å². The normalized spacial score (nSPS) is 12.0. The number of aromatic nitrogens is 2. The summed E-state index contributed by atoms with van der Waals surface area (Å²) in [5.74, 6) is -0.348. The number of nitrogens with zero attached hydrogens (tertiary/aromatic N) is 3. The van der Waals surface area contributed by atoms with Crippen molar-refractivity contribution in [3.63, 3.8) is 0 Å². The number of nitrogens with one attached hydrogen (secondary N) is 1. The molecule has 1 atom stereocenters. The van der Waals surface area contributed by atoms with Crippen molar-refractivity contribution >= 4 is 11.6 Å². The molecule has 0 radical (unpaired) electrons. The Bertz CT molecular complexity index is 736. The summed E-state index contributed by atoms with van der Waals surface area (Å²) in [6, 6.07) is 4.22.